The predicted molar refractivity (Wildman–Crippen MR) is 136 cm³/mol. The summed E-state index contributed by atoms with van der Waals surface area (Å²) in [6, 6.07) is 3.04. The molecule has 0 saturated carbocycles. The maximum absolute atomic E-state index is 12.0. The van der Waals surface area contributed by atoms with E-state index in [-0.39, 0.29) is 35.3 Å². The van der Waals surface area contributed by atoms with Crippen molar-refractivity contribution in [2.24, 2.45) is 0 Å². The first-order valence-corrected chi connectivity index (χ1v) is 16.7. The molecule has 0 bridgehead atoms. The van der Waals surface area contributed by atoms with Gasteiger partial charge < -0.3 is 10.1 Å². The summed E-state index contributed by atoms with van der Waals surface area (Å²) in [5.74, 6) is 0.405. The number of hydrogen-bond acceptors (Lipinski definition) is 11. The molecular weight excluding hydrogens is 524 g/mol. The maximum atomic E-state index is 12.0. The van der Waals surface area contributed by atoms with Crippen LogP contribution in [0.1, 0.15) is 50.9 Å². The van der Waals surface area contributed by atoms with Gasteiger partial charge in [-0.15, -0.1) is 0 Å². The lowest BCUT2D eigenvalue weighted by Crippen LogP contribution is -2.26. The Bertz CT molecular complexity index is 944. The number of nitrogens with zero attached hydrogens (tertiary/aromatic N) is 1. The Morgan fingerprint density at radius 1 is 1.03 bits per heavy atom. The molecule has 1 aromatic heterocycles. The summed E-state index contributed by atoms with van der Waals surface area (Å²) in [7, 11) is -3.90. The molecule has 0 radical (unpaired) electrons. The molecule has 1 amide bonds. The van der Waals surface area contributed by atoms with E-state index in [1.54, 1.807) is 21.6 Å². The third-order valence-corrected chi connectivity index (χ3v) is 7.94. The molecule has 0 saturated heterocycles. The molecule has 0 aliphatic heterocycles. The van der Waals surface area contributed by atoms with E-state index in [2.05, 4.69) is 24.1 Å². The smallest absolute Gasteiger partial charge is 0.264 e. The molecule has 0 aromatic carbocycles. The van der Waals surface area contributed by atoms with Crippen LogP contribution in [0, 0.1) is 0 Å². The third kappa shape index (κ3) is 15.8. The van der Waals surface area contributed by atoms with Crippen LogP contribution >= 0.6 is 21.6 Å². The minimum atomic E-state index is -3.68. The second-order valence-corrected chi connectivity index (χ2v) is 14.5. The summed E-state index contributed by atoms with van der Waals surface area (Å²) in [6.45, 7) is 4.48. The fourth-order valence-corrected chi connectivity index (χ4v) is 5.51. The van der Waals surface area contributed by atoms with Crippen LogP contribution in [0.5, 0.6) is 5.75 Å². The molecule has 196 valence electrons. The van der Waals surface area contributed by atoms with Crippen molar-refractivity contribution in [2.45, 2.75) is 57.5 Å². The van der Waals surface area contributed by atoms with Gasteiger partial charge in [0.25, 0.3) is 20.2 Å². The molecule has 0 aliphatic carbocycles. The summed E-state index contributed by atoms with van der Waals surface area (Å²) < 4.78 is 60.3. The lowest BCUT2D eigenvalue weighted by atomic mass is 10.1. The van der Waals surface area contributed by atoms with Gasteiger partial charge in [0.05, 0.1) is 30.5 Å². The van der Waals surface area contributed by atoms with Crippen molar-refractivity contribution in [2.75, 3.05) is 31.9 Å². The number of hydrogen-bond donors (Lipinski definition) is 1. The fourth-order valence-electron chi connectivity index (χ4n) is 2.60. The zero-order valence-electron chi connectivity index (χ0n) is 20.2. The van der Waals surface area contributed by atoms with Crippen LogP contribution in [0.2, 0.25) is 0 Å². The van der Waals surface area contributed by atoms with Gasteiger partial charge in [0.15, 0.2) is 0 Å². The molecule has 1 aromatic rings. The van der Waals surface area contributed by atoms with Crippen LogP contribution in [0.3, 0.4) is 0 Å². The Morgan fingerprint density at radius 3 is 2.09 bits per heavy atom. The minimum Gasteiger partial charge on any atom is -0.493 e. The molecule has 0 spiro atoms. The highest BCUT2D eigenvalue weighted by Gasteiger charge is 2.19. The van der Waals surface area contributed by atoms with E-state index >= 15 is 0 Å². The van der Waals surface area contributed by atoms with E-state index in [0.29, 0.717) is 38.2 Å². The second-order valence-electron chi connectivity index (χ2n) is 8.13. The largest absolute Gasteiger partial charge is 0.493 e. The van der Waals surface area contributed by atoms with E-state index in [1.165, 1.54) is 12.1 Å². The van der Waals surface area contributed by atoms with Crippen molar-refractivity contribution in [1.29, 1.82) is 0 Å². The van der Waals surface area contributed by atoms with E-state index in [0.717, 1.165) is 18.9 Å². The van der Waals surface area contributed by atoms with Crippen LogP contribution < -0.4 is 10.1 Å². The number of pyridine rings is 1. The van der Waals surface area contributed by atoms with Crippen LogP contribution in [0.25, 0.3) is 0 Å². The average molecular weight is 559 g/mol. The number of unbranched alkanes of at least 4 members (excludes halogenated alkanes) is 1. The summed E-state index contributed by atoms with van der Waals surface area (Å²) in [6.07, 6.45) is 6.52. The monoisotopic (exact) mass is 558 g/mol. The molecule has 0 fully saturated rings. The predicted octanol–water partition coefficient (Wildman–Crippen LogP) is 2.88. The minimum absolute atomic E-state index is 0.0240. The van der Waals surface area contributed by atoms with Crippen LogP contribution in [0.15, 0.2) is 12.1 Å². The molecule has 0 aliphatic rings. The highest BCUT2D eigenvalue weighted by atomic mass is 33.1. The second kappa shape index (κ2) is 14.5. The summed E-state index contributed by atoms with van der Waals surface area (Å²) >= 11 is 0. The first-order chi connectivity index (χ1) is 15.7. The number of nitrogens with one attached hydrogen (secondary N) is 1. The number of aromatic nitrogens is 1. The molecule has 1 N–H and O–H groups in total. The Labute approximate surface area is 210 Å². The lowest BCUT2D eigenvalue weighted by Gasteiger charge is -2.21. The van der Waals surface area contributed by atoms with Gasteiger partial charge in [0.2, 0.25) is 5.91 Å². The Balaban J connectivity index is 2.51. The summed E-state index contributed by atoms with van der Waals surface area (Å²) in [4.78, 5) is 16.2. The molecule has 0 unspecified atom stereocenters. The maximum Gasteiger partial charge on any atom is 0.264 e. The van der Waals surface area contributed by atoms with Crippen molar-refractivity contribution in [3.8, 4) is 5.75 Å². The third-order valence-electron chi connectivity index (χ3n) is 4.17. The van der Waals surface area contributed by atoms with E-state index < -0.39 is 20.2 Å². The molecule has 0 atom stereocenters. The van der Waals surface area contributed by atoms with Gasteiger partial charge in [-0.25, -0.2) is 0 Å². The SMILES string of the molecule is CSSC(C)(C)CCC(=O)NCCCCOc1cc(COS(C)(=O)=O)nc(COS(C)(=O)=O)c1. The van der Waals surface area contributed by atoms with Gasteiger partial charge in [0.1, 0.15) is 19.0 Å². The standard InChI is InChI=1S/C20H34N2O8S4/c1-20(2,32-31-3)9-8-19(23)21-10-6-7-11-28-18-12-16(14-29-33(4,24)25)22-17(13-18)15-30-34(5,26)27/h12-13H,6-11,14-15H2,1-5H3,(H,21,23). The van der Waals surface area contributed by atoms with Crippen molar-refractivity contribution in [3.05, 3.63) is 23.5 Å². The van der Waals surface area contributed by atoms with E-state index in [9.17, 15) is 21.6 Å². The number of carbonyl (C=O) groups excluding carboxylic acids is 1. The van der Waals surface area contributed by atoms with Crippen LogP contribution in [0.4, 0.5) is 0 Å². The molecule has 14 heteroatoms. The van der Waals surface area contributed by atoms with Gasteiger partial charge in [0, 0.05) is 29.8 Å². The van der Waals surface area contributed by atoms with Gasteiger partial charge in [-0.05, 0) is 39.4 Å². The Hall–Kier alpha value is -1.06. The molecule has 1 heterocycles. The van der Waals surface area contributed by atoms with E-state index in [4.69, 9.17) is 13.1 Å². The van der Waals surface area contributed by atoms with Gasteiger partial charge >= 0.3 is 0 Å². The zero-order chi connectivity index (χ0) is 25.8. The topological polar surface area (TPSA) is 138 Å². The Kier molecular flexibility index (Phi) is 13.2. The molecule has 1 rings (SSSR count). The number of amides is 1. The van der Waals surface area contributed by atoms with E-state index in [1.807, 2.05) is 6.26 Å². The highest BCUT2D eigenvalue weighted by molar-refractivity contribution is 8.76. The number of ether oxygens (including phenoxy) is 1. The number of carbonyl (C=O) groups is 1. The van der Waals surface area contributed by atoms with Crippen LogP contribution in [-0.4, -0.2) is 64.4 Å². The average Bonchev–Trinajstić information content (AvgIpc) is 2.71. The Morgan fingerprint density at radius 2 is 1.59 bits per heavy atom. The van der Waals surface area contributed by atoms with Crippen LogP contribution in [-0.2, 0) is 46.6 Å². The highest BCUT2D eigenvalue weighted by Crippen LogP contribution is 2.36. The lowest BCUT2D eigenvalue weighted by molar-refractivity contribution is -0.121. The summed E-state index contributed by atoms with van der Waals surface area (Å²) in [5.41, 5.74) is 0.509. The van der Waals surface area contributed by atoms with Crippen molar-refractivity contribution < 1.29 is 34.7 Å². The van der Waals surface area contributed by atoms with Gasteiger partial charge in [-0.1, -0.05) is 21.6 Å². The zero-order valence-corrected chi connectivity index (χ0v) is 23.4. The fraction of sp³-hybridized carbons (Fsp3) is 0.700. The number of rotatable bonds is 17. The van der Waals surface area contributed by atoms with Gasteiger partial charge in [-0.3, -0.25) is 18.1 Å². The normalized spacial score (nSPS) is 12.5. The molecule has 34 heavy (non-hydrogen) atoms. The van der Waals surface area contributed by atoms with Crippen molar-refractivity contribution in [1.82, 2.24) is 10.3 Å². The first-order valence-electron chi connectivity index (χ1n) is 10.5. The quantitative estimate of drug-likeness (QED) is 0.172. The van der Waals surface area contributed by atoms with Crippen molar-refractivity contribution in [3.63, 3.8) is 0 Å². The molecular formula is C20H34N2O8S4. The summed E-state index contributed by atoms with van der Waals surface area (Å²) in [5, 5.41) is 2.91. The molecule has 10 nitrogen and oxygen atoms in total. The first kappa shape index (κ1) is 31.0. The van der Waals surface area contributed by atoms with Crippen molar-refractivity contribution >= 4 is 47.7 Å². The van der Waals surface area contributed by atoms with Gasteiger partial charge in [-0.2, -0.15) is 16.8 Å².